The first-order chi connectivity index (χ1) is 30.4. The van der Waals surface area contributed by atoms with Gasteiger partial charge in [-0.25, -0.2) is 14.8 Å². The number of H-pyrrole nitrogens is 2. The number of carbonyl (C=O) groups excluding carboxylic acids is 3. The van der Waals surface area contributed by atoms with Crippen molar-refractivity contribution in [2.75, 3.05) is 26.7 Å². The number of nitrogens with one attached hydrogen (secondary N) is 4. The van der Waals surface area contributed by atoms with Crippen molar-refractivity contribution in [3.05, 3.63) is 155 Å². The molecule has 1 aliphatic carbocycles. The summed E-state index contributed by atoms with van der Waals surface area (Å²) in [6.07, 6.45) is 8.69. The van der Waals surface area contributed by atoms with E-state index in [9.17, 15) is 14.4 Å². The lowest BCUT2D eigenvalue weighted by Crippen LogP contribution is -2.42. The van der Waals surface area contributed by atoms with Gasteiger partial charge in [-0.3, -0.25) is 14.5 Å². The number of rotatable bonds is 12. The van der Waals surface area contributed by atoms with Crippen LogP contribution in [0.2, 0.25) is 0 Å². The summed E-state index contributed by atoms with van der Waals surface area (Å²) in [6.45, 7) is 2.26. The van der Waals surface area contributed by atoms with E-state index >= 15 is 0 Å². The summed E-state index contributed by atoms with van der Waals surface area (Å²) in [7, 11) is 1.29. The quantitative estimate of drug-likeness (QED) is 0.0914. The summed E-state index contributed by atoms with van der Waals surface area (Å²) in [6, 6.07) is 34.7. The van der Waals surface area contributed by atoms with Gasteiger partial charge in [-0.05, 0) is 91.6 Å². The van der Waals surface area contributed by atoms with E-state index in [1.54, 1.807) is 11.1 Å². The molecule has 3 amide bonds. The molecule has 2 saturated heterocycles. The summed E-state index contributed by atoms with van der Waals surface area (Å²) in [4.78, 5) is 59.7. The molecule has 4 atom stereocenters. The lowest BCUT2D eigenvalue weighted by Gasteiger charge is -2.29. The Morgan fingerprint density at radius 1 is 0.694 bits per heavy atom. The summed E-state index contributed by atoms with van der Waals surface area (Å²) >= 11 is 0. The van der Waals surface area contributed by atoms with E-state index < -0.39 is 12.1 Å². The molecule has 62 heavy (non-hydrogen) atoms. The number of methoxy groups -OCH3 is 1. The molecule has 3 aliphatic rings. The summed E-state index contributed by atoms with van der Waals surface area (Å²) < 4.78 is 4.83. The smallest absolute Gasteiger partial charge is 0.407 e. The van der Waals surface area contributed by atoms with Crippen molar-refractivity contribution in [3.63, 3.8) is 0 Å². The molecule has 0 radical (unpaired) electrons. The zero-order chi connectivity index (χ0) is 42.4. The van der Waals surface area contributed by atoms with Crippen LogP contribution >= 0.6 is 0 Å². The Morgan fingerprint density at radius 2 is 1.24 bits per heavy atom. The van der Waals surface area contributed by atoms with Gasteiger partial charge in [-0.15, -0.1) is 0 Å². The average Bonchev–Trinajstić information content (AvgIpc) is 3.73. The topological polar surface area (TPSA) is 148 Å². The van der Waals surface area contributed by atoms with Crippen LogP contribution in [0.3, 0.4) is 0 Å². The van der Waals surface area contributed by atoms with Crippen LogP contribution in [-0.4, -0.2) is 74.4 Å². The van der Waals surface area contributed by atoms with Gasteiger partial charge in [0.25, 0.3) is 5.91 Å². The lowest BCUT2D eigenvalue weighted by atomic mass is 10.1. The van der Waals surface area contributed by atoms with E-state index in [4.69, 9.17) is 14.7 Å². The van der Waals surface area contributed by atoms with Crippen molar-refractivity contribution in [2.45, 2.75) is 62.7 Å². The Labute approximate surface area is 361 Å². The minimum Gasteiger partial charge on any atom is -0.453 e. The van der Waals surface area contributed by atoms with Crippen LogP contribution in [0.4, 0.5) is 4.79 Å². The Kier molecular flexibility index (Phi) is 12.0. The first-order valence-corrected chi connectivity index (χ1v) is 21.5. The molecule has 4 N–H and O–H groups in total. The van der Waals surface area contributed by atoms with E-state index in [1.807, 2.05) is 91.1 Å². The highest BCUT2D eigenvalue weighted by atomic mass is 16.5. The number of nitrogens with zero attached hydrogens (tertiary/aromatic N) is 4. The van der Waals surface area contributed by atoms with Crippen molar-refractivity contribution in [1.82, 2.24) is 40.4 Å². The van der Waals surface area contributed by atoms with Crippen LogP contribution in [0.25, 0.3) is 22.5 Å². The number of hydrogen-bond acceptors (Lipinski definition) is 7. The number of amides is 3. The molecule has 2 aliphatic heterocycles. The number of aromatic amines is 2. The standard InChI is InChI=1S/C50H50N8O4/c1-62-50(61)56-45(38-12-6-3-7-13-38)49(60)58-29-9-15-44(58)47-52-31-41(54-47)37-24-20-34(21-25-37)17-16-33-18-22-36(23-19-33)40-30-51-46(53-40)43-14-8-28-57(43)32-42(35-10-4-2-5-11-35)55-48(59)39-26-27-39/h2-7,10-13,18-25,30-31,39,42-45H,8-9,14-15,26-29,32H2,1H3,(H,51,53)(H,52,54)(H,55,59)(H,56,61). The second kappa shape index (κ2) is 18.3. The fourth-order valence-corrected chi connectivity index (χ4v) is 8.65. The maximum atomic E-state index is 13.9. The first kappa shape index (κ1) is 40.4. The Bertz CT molecular complexity index is 2560. The second-order valence-electron chi connectivity index (χ2n) is 16.3. The zero-order valence-corrected chi connectivity index (χ0v) is 34.7. The molecule has 3 fully saturated rings. The lowest BCUT2D eigenvalue weighted by molar-refractivity contribution is -0.134. The Balaban J connectivity index is 0.822. The fraction of sp³-hybridized carbons (Fsp3) is 0.300. The van der Waals surface area contributed by atoms with Gasteiger partial charge >= 0.3 is 6.09 Å². The number of aromatic nitrogens is 4. The van der Waals surface area contributed by atoms with Gasteiger partial charge in [0.15, 0.2) is 0 Å². The highest BCUT2D eigenvalue weighted by Gasteiger charge is 2.38. The van der Waals surface area contributed by atoms with E-state index in [2.05, 4.69) is 61.6 Å². The number of carbonyl (C=O) groups is 3. The van der Waals surface area contributed by atoms with Crippen LogP contribution in [0.1, 0.15) is 96.6 Å². The monoisotopic (exact) mass is 826 g/mol. The third kappa shape index (κ3) is 9.18. The molecule has 4 aromatic carbocycles. The third-order valence-corrected chi connectivity index (χ3v) is 12.2. The van der Waals surface area contributed by atoms with Gasteiger partial charge in [-0.1, -0.05) is 96.8 Å². The van der Waals surface area contributed by atoms with Crippen LogP contribution in [0, 0.1) is 17.8 Å². The van der Waals surface area contributed by atoms with Gasteiger partial charge in [0, 0.05) is 30.1 Å². The molecule has 12 heteroatoms. The van der Waals surface area contributed by atoms with Gasteiger partial charge in [-0.2, -0.15) is 0 Å². The molecule has 0 spiro atoms. The van der Waals surface area contributed by atoms with Crippen LogP contribution < -0.4 is 10.6 Å². The Morgan fingerprint density at radius 3 is 1.82 bits per heavy atom. The minimum atomic E-state index is -0.873. The molecule has 12 nitrogen and oxygen atoms in total. The average molecular weight is 827 g/mol. The number of hydrogen-bond donors (Lipinski definition) is 4. The number of imidazole rings is 2. The summed E-state index contributed by atoms with van der Waals surface area (Å²) in [5, 5.41) is 6.05. The number of alkyl carbamates (subject to hydrolysis) is 1. The molecular formula is C50H50N8O4. The highest BCUT2D eigenvalue weighted by molar-refractivity contribution is 5.87. The maximum absolute atomic E-state index is 13.9. The van der Waals surface area contributed by atoms with Crippen LogP contribution in [-0.2, 0) is 14.3 Å². The minimum absolute atomic E-state index is 0.0661. The molecule has 6 aromatic rings. The van der Waals surface area contributed by atoms with Crippen LogP contribution in [0.5, 0.6) is 0 Å². The number of ether oxygens (including phenoxy) is 1. The van der Waals surface area contributed by atoms with Crippen molar-refractivity contribution in [1.29, 1.82) is 0 Å². The maximum Gasteiger partial charge on any atom is 0.407 e. The molecule has 2 aromatic heterocycles. The zero-order valence-electron chi connectivity index (χ0n) is 34.7. The van der Waals surface area contributed by atoms with Crippen LogP contribution in [0.15, 0.2) is 122 Å². The van der Waals surface area contributed by atoms with Crippen molar-refractivity contribution in [3.8, 4) is 34.4 Å². The van der Waals surface area contributed by atoms with Gasteiger partial charge in [0.2, 0.25) is 5.91 Å². The molecule has 4 heterocycles. The second-order valence-corrected chi connectivity index (χ2v) is 16.3. The first-order valence-electron chi connectivity index (χ1n) is 21.5. The number of benzene rings is 4. The predicted octanol–water partition coefficient (Wildman–Crippen LogP) is 8.03. The van der Waals surface area contributed by atoms with E-state index in [0.717, 1.165) is 96.6 Å². The fourth-order valence-electron chi connectivity index (χ4n) is 8.65. The molecular weight excluding hydrogens is 777 g/mol. The molecule has 314 valence electrons. The van der Waals surface area contributed by atoms with Gasteiger partial charge in [0.05, 0.1) is 49.0 Å². The van der Waals surface area contributed by atoms with Gasteiger partial charge in [0.1, 0.15) is 17.7 Å². The van der Waals surface area contributed by atoms with Gasteiger partial charge < -0.3 is 30.2 Å². The third-order valence-electron chi connectivity index (χ3n) is 12.2. The molecule has 1 saturated carbocycles. The van der Waals surface area contributed by atoms with E-state index in [-0.39, 0.29) is 35.9 Å². The summed E-state index contributed by atoms with van der Waals surface area (Å²) in [5.41, 5.74) is 7.42. The predicted molar refractivity (Wildman–Crippen MR) is 236 cm³/mol. The van der Waals surface area contributed by atoms with E-state index in [0.29, 0.717) is 17.9 Å². The van der Waals surface area contributed by atoms with Crippen molar-refractivity contribution >= 4 is 17.9 Å². The molecule has 4 unspecified atom stereocenters. The normalized spacial score (nSPS) is 18.4. The van der Waals surface area contributed by atoms with Crippen molar-refractivity contribution < 1.29 is 19.1 Å². The largest absolute Gasteiger partial charge is 0.453 e. The Hall–Kier alpha value is -6.97. The highest BCUT2D eigenvalue weighted by Crippen LogP contribution is 2.36. The number of likely N-dealkylation sites (tertiary alicyclic amines) is 2. The van der Waals surface area contributed by atoms with Crippen molar-refractivity contribution in [2.24, 2.45) is 5.92 Å². The SMILES string of the molecule is COC(=O)NC(C(=O)N1CCCC1c1ncc(-c2ccc(C#Cc3ccc(-c4cnc(C5CCCN5CC(NC(=O)C5CC5)c5ccccc5)[nH]4)cc3)cc2)[nH]1)c1ccccc1. The van der Waals surface area contributed by atoms with E-state index in [1.165, 1.54) is 7.11 Å². The molecule has 0 bridgehead atoms. The molecule has 9 rings (SSSR count). The summed E-state index contributed by atoms with van der Waals surface area (Å²) in [5.74, 6) is 8.37.